The van der Waals surface area contributed by atoms with Gasteiger partial charge in [-0.1, -0.05) is 12.1 Å². The van der Waals surface area contributed by atoms with E-state index < -0.39 is 0 Å². The molecule has 0 aliphatic rings. The third-order valence-electron chi connectivity index (χ3n) is 3.27. The smallest absolute Gasteiger partial charge is 0.319 e. The fraction of sp³-hybridized carbons (Fsp3) is 0.375. The van der Waals surface area contributed by atoms with Crippen LogP contribution in [0.25, 0.3) is 0 Å². The molecule has 2 rings (SSSR count). The molecule has 7 nitrogen and oxygen atoms in total. The molecule has 0 unspecified atom stereocenters. The number of benzene rings is 1. The number of aromatic hydroxyl groups is 1. The molecule has 0 saturated heterocycles. The zero-order valence-electron chi connectivity index (χ0n) is 13.3. The number of carbonyl (C=O) groups excluding carboxylic acids is 1. The number of anilines is 1. The second-order valence-corrected chi connectivity index (χ2v) is 5.35. The van der Waals surface area contributed by atoms with Gasteiger partial charge in [0.1, 0.15) is 5.75 Å². The van der Waals surface area contributed by atoms with Crippen LogP contribution in [-0.2, 0) is 17.7 Å². The van der Waals surface area contributed by atoms with Crippen molar-refractivity contribution in [1.82, 2.24) is 15.1 Å². The summed E-state index contributed by atoms with van der Waals surface area (Å²) in [5, 5.41) is 19.0. The van der Waals surface area contributed by atoms with Crippen molar-refractivity contribution in [2.75, 3.05) is 19.0 Å². The zero-order chi connectivity index (χ0) is 16.7. The molecule has 0 spiro atoms. The molecule has 2 aromatic rings. The molecule has 1 heterocycles. The van der Waals surface area contributed by atoms with E-state index in [1.165, 1.54) is 0 Å². The number of carbonyl (C=O) groups is 1. The van der Waals surface area contributed by atoms with Gasteiger partial charge in [0, 0.05) is 19.3 Å². The first-order valence-corrected chi connectivity index (χ1v) is 7.43. The average Bonchev–Trinajstić information content (AvgIpc) is 2.94. The quantitative estimate of drug-likeness (QED) is 0.728. The van der Waals surface area contributed by atoms with Crippen molar-refractivity contribution in [3.63, 3.8) is 0 Å². The van der Waals surface area contributed by atoms with E-state index in [1.54, 1.807) is 36.3 Å². The van der Waals surface area contributed by atoms with Crippen LogP contribution in [0.4, 0.5) is 10.5 Å². The van der Waals surface area contributed by atoms with Crippen LogP contribution in [0.3, 0.4) is 0 Å². The van der Waals surface area contributed by atoms with Gasteiger partial charge in [0.05, 0.1) is 25.0 Å². The minimum absolute atomic E-state index is 0.0388. The predicted molar refractivity (Wildman–Crippen MR) is 87.5 cm³/mol. The van der Waals surface area contributed by atoms with Crippen molar-refractivity contribution >= 4 is 11.7 Å². The van der Waals surface area contributed by atoms with Gasteiger partial charge in [-0.3, -0.25) is 4.68 Å². The van der Waals surface area contributed by atoms with Crippen LogP contribution in [0.2, 0.25) is 0 Å². The molecule has 0 bridgehead atoms. The van der Waals surface area contributed by atoms with E-state index in [0.29, 0.717) is 25.3 Å². The lowest BCUT2D eigenvalue weighted by atomic mass is 10.1. The number of amides is 2. The second kappa shape index (κ2) is 8.19. The maximum atomic E-state index is 12.0. The van der Waals surface area contributed by atoms with E-state index in [1.807, 2.05) is 19.1 Å². The van der Waals surface area contributed by atoms with Gasteiger partial charge in [0.25, 0.3) is 0 Å². The highest BCUT2D eigenvalue weighted by Crippen LogP contribution is 2.11. The molecule has 0 fully saturated rings. The molecular weight excluding hydrogens is 296 g/mol. The van der Waals surface area contributed by atoms with Crippen molar-refractivity contribution in [1.29, 1.82) is 0 Å². The number of phenols is 1. The Hall–Kier alpha value is -2.54. The van der Waals surface area contributed by atoms with Gasteiger partial charge in [0.15, 0.2) is 0 Å². The summed E-state index contributed by atoms with van der Waals surface area (Å²) in [7, 11) is 1.63. The van der Waals surface area contributed by atoms with E-state index in [0.717, 1.165) is 5.56 Å². The molecule has 1 aromatic carbocycles. The molecule has 1 atom stereocenters. The minimum Gasteiger partial charge on any atom is -0.508 e. The topological polar surface area (TPSA) is 88.4 Å². The van der Waals surface area contributed by atoms with Crippen molar-refractivity contribution in [3.8, 4) is 5.75 Å². The molecule has 7 heteroatoms. The number of rotatable bonds is 7. The standard InChI is InChI=1S/C16H22N4O3/c1-12(9-13-3-5-15(21)6-4-13)18-16(22)19-14-10-17-20(11-14)7-8-23-2/h3-6,10-12,21H,7-9H2,1-2H3,(H2,18,19,22)/t12-/m0/s1. The Labute approximate surface area is 135 Å². The molecule has 0 aliphatic heterocycles. The first-order chi connectivity index (χ1) is 11.1. The van der Waals surface area contributed by atoms with Gasteiger partial charge >= 0.3 is 6.03 Å². The van der Waals surface area contributed by atoms with Crippen LogP contribution in [0.5, 0.6) is 5.75 Å². The lowest BCUT2D eigenvalue weighted by molar-refractivity contribution is 0.183. The average molecular weight is 318 g/mol. The molecule has 0 radical (unpaired) electrons. The maximum absolute atomic E-state index is 12.0. The van der Waals surface area contributed by atoms with Crippen molar-refractivity contribution in [2.24, 2.45) is 0 Å². The van der Waals surface area contributed by atoms with Crippen molar-refractivity contribution in [3.05, 3.63) is 42.2 Å². The highest BCUT2D eigenvalue weighted by atomic mass is 16.5. The first-order valence-electron chi connectivity index (χ1n) is 7.43. The number of urea groups is 1. The van der Waals surface area contributed by atoms with Gasteiger partial charge in [-0.05, 0) is 31.0 Å². The molecule has 1 aromatic heterocycles. The Morgan fingerprint density at radius 3 is 2.83 bits per heavy atom. The lowest BCUT2D eigenvalue weighted by Crippen LogP contribution is -2.37. The van der Waals surface area contributed by atoms with Crippen molar-refractivity contribution in [2.45, 2.75) is 25.9 Å². The van der Waals surface area contributed by atoms with E-state index in [-0.39, 0.29) is 17.8 Å². The third kappa shape index (κ3) is 5.63. The number of nitrogens with zero attached hydrogens (tertiary/aromatic N) is 2. The van der Waals surface area contributed by atoms with Crippen LogP contribution in [0.15, 0.2) is 36.7 Å². The Morgan fingerprint density at radius 1 is 1.39 bits per heavy atom. The zero-order valence-corrected chi connectivity index (χ0v) is 13.3. The fourth-order valence-electron chi connectivity index (χ4n) is 2.16. The number of phenolic OH excluding ortho intramolecular Hbond substituents is 1. The number of ether oxygens (including phenoxy) is 1. The lowest BCUT2D eigenvalue weighted by Gasteiger charge is -2.14. The van der Waals surface area contributed by atoms with E-state index >= 15 is 0 Å². The molecule has 2 amide bonds. The summed E-state index contributed by atoms with van der Waals surface area (Å²) in [6, 6.07) is 6.63. The summed E-state index contributed by atoms with van der Waals surface area (Å²) >= 11 is 0. The summed E-state index contributed by atoms with van der Waals surface area (Å²) in [4.78, 5) is 12.0. The number of aromatic nitrogens is 2. The summed E-state index contributed by atoms with van der Waals surface area (Å²) in [6.45, 7) is 3.13. The van der Waals surface area contributed by atoms with E-state index in [2.05, 4.69) is 15.7 Å². The van der Waals surface area contributed by atoms with Crippen LogP contribution in [0, 0.1) is 0 Å². The molecule has 124 valence electrons. The summed E-state index contributed by atoms with van der Waals surface area (Å²) in [5.41, 5.74) is 1.68. The van der Waals surface area contributed by atoms with E-state index in [9.17, 15) is 9.90 Å². The molecule has 23 heavy (non-hydrogen) atoms. The van der Waals surface area contributed by atoms with Gasteiger partial charge in [-0.2, -0.15) is 5.10 Å². The molecular formula is C16H22N4O3. The Bertz CT molecular complexity index is 625. The first kappa shape index (κ1) is 16.8. The van der Waals surface area contributed by atoms with E-state index in [4.69, 9.17) is 4.74 Å². The summed E-state index contributed by atoms with van der Waals surface area (Å²) in [5.74, 6) is 0.234. The number of methoxy groups -OCH3 is 1. The summed E-state index contributed by atoms with van der Waals surface area (Å²) < 4.78 is 6.68. The van der Waals surface area contributed by atoms with Gasteiger partial charge in [-0.25, -0.2) is 4.79 Å². The monoisotopic (exact) mass is 318 g/mol. The largest absolute Gasteiger partial charge is 0.508 e. The fourth-order valence-corrected chi connectivity index (χ4v) is 2.16. The maximum Gasteiger partial charge on any atom is 0.319 e. The van der Waals surface area contributed by atoms with Crippen LogP contribution < -0.4 is 10.6 Å². The predicted octanol–water partition coefficient (Wildman–Crippen LogP) is 1.99. The second-order valence-electron chi connectivity index (χ2n) is 5.35. The van der Waals surface area contributed by atoms with Crippen LogP contribution in [0.1, 0.15) is 12.5 Å². The summed E-state index contributed by atoms with van der Waals surface area (Å²) in [6.07, 6.45) is 4.03. The number of nitrogens with one attached hydrogen (secondary N) is 2. The van der Waals surface area contributed by atoms with Crippen LogP contribution >= 0.6 is 0 Å². The third-order valence-corrected chi connectivity index (χ3v) is 3.27. The number of hydrogen-bond acceptors (Lipinski definition) is 4. The van der Waals surface area contributed by atoms with Gasteiger partial charge in [0.2, 0.25) is 0 Å². The Balaban J connectivity index is 1.79. The number of hydrogen-bond donors (Lipinski definition) is 3. The highest BCUT2D eigenvalue weighted by molar-refractivity contribution is 5.89. The molecule has 3 N–H and O–H groups in total. The Morgan fingerprint density at radius 2 is 2.13 bits per heavy atom. The van der Waals surface area contributed by atoms with Crippen LogP contribution in [-0.4, -0.2) is 40.7 Å². The SMILES string of the molecule is COCCn1cc(NC(=O)N[C@@H](C)Cc2ccc(O)cc2)cn1. The van der Waals surface area contributed by atoms with Crippen molar-refractivity contribution < 1.29 is 14.6 Å². The minimum atomic E-state index is -0.275. The normalized spacial score (nSPS) is 11.9. The van der Waals surface area contributed by atoms with Gasteiger partial charge in [-0.15, -0.1) is 0 Å². The Kier molecular flexibility index (Phi) is 5.99. The van der Waals surface area contributed by atoms with Gasteiger partial charge < -0.3 is 20.5 Å². The highest BCUT2D eigenvalue weighted by Gasteiger charge is 2.09. The molecule has 0 saturated carbocycles. The molecule has 0 aliphatic carbocycles.